The number of aromatic hydroxyl groups is 1. The van der Waals surface area contributed by atoms with Crippen LogP contribution in [-0.4, -0.2) is 31.8 Å². The Bertz CT molecular complexity index is 1030. The molecule has 1 fully saturated rings. The molecule has 0 bridgehead atoms. The van der Waals surface area contributed by atoms with Crippen LogP contribution < -0.4 is 5.32 Å². The molecule has 27 heavy (non-hydrogen) atoms. The number of nitrogens with zero attached hydrogens (tertiary/aromatic N) is 4. The van der Waals surface area contributed by atoms with Crippen molar-refractivity contribution in [3.63, 3.8) is 0 Å². The molecular formula is C20H17N5O2. The molecule has 0 aliphatic heterocycles. The molecule has 4 rings (SSSR count). The van der Waals surface area contributed by atoms with Crippen LogP contribution in [0.5, 0.6) is 5.88 Å². The van der Waals surface area contributed by atoms with Crippen molar-refractivity contribution in [2.45, 2.75) is 19.4 Å². The molecule has 7 nitrogen and oxygen atoms in total. The SMILES string of the molecule is CC1CC1NC(=O)c1ccc(-n2ncc(-c3ccc(C#N)cc3)c2O)nc1. The van der Waals surface area contributed by atoms with Crippen LogP contribution in [0.25, 0.3) is 16.9 Å². The van der Waals surface area contributed by atoms with E-state index < -0.39 is 0 Å². The molecule has 2 atom stereocenters. The van der Waals surface area contributed by atoms with Gasteiger partial charge in [0.05, 0.1) is 29.0 Å². The zero-order chi connectivity index (χ0) is 19.0. The first-order chi connectivity index (χ1) is 13.1. The molecule has 2 aromatic heterocycles. The molecule has 2 N–H and O–H groups in total. The number of aromatic nitrogens is 3. The van der Waals surface area contributed by atoms with E-state index in [2.05, 4.69) is 28.4 Å². The number of hydrogen-bond acceptors (Lipinski definition) is 5. The molecule has 134 valence electrons. The van der Waals surface area contributed by atoms with Gasteiger partial charge < -0.3 is 10.4 Å². The maximum absolute atomic E-state index is 12.2. The van der Waals surface area contributed by atoms with Crippen LogP contribution in [0.1, 0.15) is 29.3 Å². The third-order valence-electron chi connectivity index (χ3n) is 4.72. The molecule has 1 aliphatic rings. The van der Waals surface area contributed by atoms with E-state index in [4.69, 9.17) is 5.26 Å². The quantitative estimate of drug-likeness (QED) is 0.745. The van der Waals surface area contributed by atoms with Crippen LogP contribution in [0.15, 0.2) is 48.8 Å². The number of hydrogen-bond donors (Lipinski definition) is 2. The van der Waals surface area contributed by atoms with Gasteiger partial charge in [-0.05, 0) is 42.2 Å². The molecule has 0 spiro atoms. The highest BCUT2D eigenvalue weighted by molar-refractivity contribution is 5.94. The third-order valence-corrected chi connectivity index (χ3v) is 4.72. The fourth-order valence-corrected chi connectivity index (χ4v) is 2.86. The van der Waals surface area contributed by atoms with Gasteiger partial charge in [-0.1, -0.05) is 19.1 Å². The standard InChI is InChI=1S/C20H17N5O2/c1-12-8-17(12)24-19(26)15-6-7-18(22-10-15)25-20(27)16(11-23-25)14-4-2-13(9-21)3-5-14/h2-7,10-12,17,27H,8H2,1H3,(H,24,26). The van der Waals surface area contributed by atoms with E-state index in [1.807, 2.05) is 0 Å². The number of carbonyl (C=O) groups excluding carboxylic acids is 1. The maximum Gasteiger partial charge on any atom is 0.253 e. The highest BCUT2D eigenvalue weighted by Gasteiger charge is 2.34. The van der Waals surface area contributed by atoms with E-state index in [1.165, 1.54) is 17.1 Å². The van der Waals surface area contributed by atoms with E-state index in [0.29, 0.717) is 28.4 Å². The first-order valence-corrected chi connectivity index (χ1v) is 8.61. The topological polar surface area (TPSA) is 104 Å². The van der Waals surface area contributed by atoms with Gasteiger partial charge in [-0.2, -0.15) is 15.0 Å². The molecule has 1 amide bonds. The van der Waals surface area contributed by atoms with Crippen molar-refractivity contribution in [2.75, 3.05) is 0 Å². The zero-order valence-electron chi connectivity index (χ0n) is 14.6. The second-order valence-electron chi connectivity index (χ2n) is 6.68. The Balaban J connectivity index is 1.56. The van der Waals surface area contributed by atoms with Gasteiger partial charge in [0.1, 0.15) is 0 Å². The summed E-state index contributed by atoms with van der Waals surface area (Å²) < 4.78 is 1.30. The van der Waals surface area contributed by atoms with Crippen molar-refractivity contribution >= 4 is 5.91 Å². The Kier molecular flexibility index (Phi) is 4.09. The number of pyridine rings is 1. The first kappa shape index (κ1) is 16.8. The van der Waals surface area contributed by atoms with Crippen molar-refractivity contribution < 1.29 is 9.90 Å². The lowest BCUT2D eigenvalue weighted by Gasteiger charge is -2.06. The average molecular weight is 359 g/mol. The predicted molar refractivity (Wildman–Crippen MR) is 98.2 cm³/mol. The fraction of sp³-hybridized carbons (Fsp3) is 0.200. The van der Waals surface area contributed by atoms with E-state index in [0.717, 1.165) is 12.0 Å². The van der Waals surface area contributed by atoms with Crippen molar-refractivity contribution in [3.8, 4) is 28.9 Å². The summed E-state index contributed by atoms with van der Waals surface area (Å²) in [4.78, 5) is 16.4. The van der Waals surface area contributed by atoms with Gasteiger partial charge in [0.15, 0.2) is 5.82 Å². The van der Waals surface area contributed by atoms with Crippen LogP contribution in [0.2, 0.25) is 0 Å². The summed E-state index contributed by atoms with van der Waals surface area (Å²) in [5.74, 6) is 0.731. The molecule has 7 heteroatoms. The minimum Gasteiger partial charge on any atom is -0.493 e. The summed E-state index contributed by atoms with van der Waals surface area (Å²) in [6.45, 7) is 2.10. The lowest BCUT2D eigenvalue weighted by Crippen LogP contribution is -2.26. The van der Waals surface area contributed by atoms with Gasteiger partial charge in [-0.3, -0.25) is 4.79 Å². The highest BCUT2D eigenvalue weighted by Crippen LogP contribution is 2.31. The minimum absolute atomic E-state index is 0.0591. The Morgan fingerprint density at radius 1 is 1.26 bits per heavy atom. The predicted octanol–water partition coefficient (Wildman–Crippen LogP) is 2.65. The summed E-state index contributed by atoms with van der Waals surface area (Å²) in [5, 5.41) is 26.5. The van der Waals surface area contributed by atoms with Crippen LogP contribution in [-0.2, 0) is 0 Å². The second kappa shape index (κ2) is 6.57. The molecule has 0 radical (unpaired) electrons. The molecule has 1 aliphatic carbocycles. The molecule has 2 heterocycles. The summed E-state index contributed by atoms with van der Waals surface area (Å²) in [5.41, 5.74) is 2.29. The second-order valence-corrected chi connectivity index (χ2v) is 6.68. The zero-order valence-corrected chi connectivity index (χ0v) is 14.6. The normalized spacial score (nSPS) is 17.9. The molecule has 1 saturated carbocycles. The highest BCUT2D eigenvalue weighted by atomic mass is 16.3. The van der Waals surface area contributed by atoms with Gasteiger partial charge in [-0.15, -0.1) is 0 Å². The average Bonchev–Trinajstić information content (AvgIpc) is 3.25. The van der Waals surface area contributed by atoms with E-state index in [9.17, 15) is 9.90 Å². The Hall–Kier alpha value is -3.66. The molecule has 0 saturated heterocycles. The summed E-state index contributed by atoms with van der Waals surface area (Å²) >= 11 is 0. The molecule has 3 aromatic rings. The van der Waals surface area contributed by atoms with Gasteiger partial charge in [0.2, 0.25) is 5.88 Å². The van der Waals surface area contributed by atoms with Crippen LogP contribution in [0.4, 0.5) is 0 Å². The van der Waals surface area contributed by atoms with Crippen molar-refractivity contribution in [1.82, 2.24) is 20.1 Å². The van der Waals surface area contributed by atoms with Crippen LogP contribution in [0, 0.1) is 17.2 Å². The maximum atomic E-state index is 12.2. The minimum atomic E-state index is -0.147. The van der Waals surface area contributed by atoms with Crippen molar-refractivity contribution in [1.29, 1.82) is 5.26 Å². The number of benzene rings is 1. The number of nitrogens with one attached hydrogen (secondary N) is 1. The molecular weight excluding hydrogens is 342 g/mol. The summed E-state index contributed by atoms with van der Waals surface area (Å²) in [6, 6.07) is 12.5. The van der Waals surface area contributed by atoms with Gasteiger partial charge in [-0.25, -0.2) is 4.98 Å². The Labute approximate surface area is 155 Å². The molecule has 2 unspecified atom stereocenters. The largest absolute Gasteiger partial charge is 0.493 e. The van der Waals surface area contributed by atoms with Crippen molar-refractivity contribution in [3.05, 3.63) is 59.9 Å². The van der Waals surface area contributed by atoms with E-state index in [-0.39, 0.29) is 17.8 Å². The number of rotatable bonds is 4. The van der Waals surface area contributed by atoms with Gasteiger partial charge >= 0.3 is 0 Å². The number of carbonyl (C=O) groups is 1. The monoisotopic (exact) mass is 359 g/mol. The van der Waals surface area contributed by atoms with Crippen LogP contribution in [0.3, 0.4) is 0 Å². The lowest BCUT2D eigenvalue weighted by molar-refractivity contribution is 0.0949. The summed E-state index contributed by atoms with van der Waals surface area (Å²) in [6.07, 6.45) is 4.02. The number of amides is 1. The van der Waals surface area contributed by atoms with Gasteiger partial charge in [0.25, 0.3) is 5.91 Å². The Morgan fingerprint density at radius 3 is 2.59 bits per heavy atom. The van der Waals surface area contributed by atoms with E-state index >= 15 is 0 Å². The smallest absolute Gasteiger partial charge is 0.253 e. The van der Waals surface area contributed by atoms with Crippen LogP contribution >= 0.6 is 0 Å². The van der Waals surface area contributed by atoms with Crippen molar-refractivity contribution in [2.24, 2.45) is 5.92 Å². The first-order valence-electron chi connectivity index (χ1n) is 8.61. The molecule has 1 aromatic carbocycles. The number of nitriles is 1. The Morgan fingerprint density at radius 2 is 2.00 bits per heavy atom. The fourth-order valence-electron chi connectivity index (χ4n) is 2.86. The van der Waals surface area contributed by atoms with E-state index in [1.54, 1.807) is 36.4 Å². The summed E-state index contributed by atoms with van der Waals surface area (Å²) in [7, 11) is 0. The third kappa shape index (κ3) is 3.25. The van der Waals surface area contributed by atoms with Gasteiger partial charge in [0, 0.05) is 12.2 Å². The lowest BCUT2D eigenvalue weighted by atomic mass is 10.1.